The van der Waals surface area contributed by atoms with Crippen LogP contribution in [0.2, 0.25) is 5.02 Å². The van der Waals surface area contributed by atoms with Gasteiger partial charge in [0.2, 0.25) is 5.95 Å². The average molecular weight is 342 g/mol. The summed E-state index contributed by atoms with van der Waals surface area (Å²) >= 11 is 6.37. The van der Waals surface area contributed by atoms with Gasteiger partial charge in [-0.2, -0.15) is 0 Å². The van der Waals surface area contributed by atoms with E-state index in [1.807, 2.05) is 42.5 Å². The van der Waals surface area contributed by atoms with Crippen LogP contribution in [0.4, 0.5) is 5.95 Å². The van der Waals surface area contributed by atoms with Crippen LogP contribution in [0.5, 0.6) is 0 Å². The lowest BCUT2D eigenvalue weighted by atomic mass is 10.1. The van der Waals surface area contributed by atoms with Crippen molar-refractivity contribution >= 4 is 28.6 Å². The van der Waals surface area contributed by atoms with Crippen molar-refractivity contribution in [3.8, 4) is 0 Å². The van der Waals surface area contributed by atoms with Gasteiger partial charge in [0.25, 0.3) is 0 Å². The number of aliphatic hydroxyl groups excluding tert-OH is 1. The Bertz CT molecular complexity index is 861. The smallest absolute Gasteiger partial charge is 0.206 e. The van der Waals surface area contributed by atoms with Crippen LogP contribution in [0.1, 0.15) is 18.4 Å². The number of β-amino-alcohol motifs (C(OH)–C–C–N with tert-alkyl or cyclic N) is 1. The number of hydrogen-bond donors (Lipinski definition) is 1. The standard InChI is InChI=1S/C19H20ClN3O/c20-16-8-2-1-6-14(16)12-23-18-10-4-3-9-17(18)21-19(23)22-11-5-7-15(24)13-22/h1-4,6,8-10,15,24H,5,7,11-13H2/t15-/m0/s1. The average Bonchev–Trinajstić information content (AvgIpc) is 2.96. The van der Waals surface area contributed by atoms with Crippen molar-refractivity contribution < 1.29 is 5.11 Å². The first-order valence-corrected chi connectivity index (χ1v) is 8.72. The number of rotatable bonds is 3. The fourth-order valence-corrected chi connectivity index (χ4v) is 3.59. The second-order valence-electron chi connectivity index (χ2n) is 6.32. The third kappa shape index (κ3) is 2.87. The maximum Gasteiger partial charge on any atom is 0.206 e. The molecule has 1 N–H and O–H groups in total. The fraction of sp³-hybridized carbons (Fsp3) is 0.316. The number of fused-ring (bicyclic) bond motifs is 1. The number of nitrogens with zero attached hydrogens (tertiary/aromatic N) is 3. The molecular formula is C19H20ClN3O. The van der Waals surface area contributed by atoms with Crippen LogP contribution in [-0.2, 0) is 6.54 Å². The number of piperidine rings is 1. The summed E-state index contributed by atoms with van der Waals surface area (Å²) in [6.07, 6.45) is 1.56. The van der Waals surface area contributed by atoms with E-state index in [-0.39, 0.29) is 6.10 Å². The molecule has 0 bridgehead atoms. The van der Waals surface area contributed by atoms with Gasteiger partial charge in [0.05, 0.1) is 23.7 Å². The highest BCUT2D eigenvalue weighted by atomic mass is 35.5. The van der Waals surface area contributed by atoms with Crippen LogP contribution in [-0.4, -0.2) is 33.9 Å². The van der Waals surface area contributed by atoms with Gasteiger partial charge < -0.3 is 14.6 Å². The number of benzene rings is 2. The lowest BCUT2D eigenvalue weighted by Gasteiger charge is -2.31. The Labute approximate surface area is 146 Å². The van der Waals surface area contributed by atoms with Crippen molar-refractivity contribution in [1.82, 2.24) is 9.55 Å². The number of aromatic nitrogens is 2. The first-order valence-electron chi connectivity index (χ1n) is 8.34. The van der Waals surface area contributed by atoms with Crippen LogP contribution in [0.25, 0.3) is 11.0 Å². The minimum Gasteiger partial charge on any atom is -0.391 e. The summed E-state index contributed by atoms with van der Waals surface area (Å²) in [5.74, 6) is 0.912. The molecule has 2 aromatic carbocycles. The summed E-state index contributed by atoms with van der Waals surface area (Å²) in [4.78, 5) is 7.02. The first kappa shape index (κ1) is 15.5. The van der Waals surface area contributed by atoms with E-state index in [1.165, 1.54) is 0 Å². The first-order chi connectivity index (χ1) is 11.7. The molecule has 0 radical (unpaired) electrons. The van der Waals surface area contributed by atoms with E-state index in [0.717, 1.165) is 47.0 Å². The molecule has 1 aliphatic heterocycles. The summed E-state index contributed by atoms with van der Waals surface area (Å²) in [6, 6.07) is 16.1. The molecule has 3 aromatic rings. The Morgan fingerprint density at radius 3 is 2.75 bits per heavy atom. The van der Waals surface area contributed by atoms with Gasteiger partial charge in [0.15, 0.2) is 0 Å². The zero-order valence-electron chi connectivity index (χ0n) is 13.4. The minimum atomic E-state index is -0.285. The molecule has 0 unspecified atom stereocenters. The van der Waals surface area contributed by atoms with Gasteiger partial charge in [0.1, 0.15) is 0 Å². The second kappa shape index (κ2) is 6.46. The molecule has 24 heavy (non-hydrogen) atoms. The molecule has 1 atom stereocenters. The lowest BCUT2D eigenvalue weighted by molar-refractivity contribution is 0.153. The molecule has 0 spiro atoms. The van der Waals surface area contributed by atoms with Gasteiger partial charge in [-0.15, -0.1) is 0 Å². The molecule has 4 rings (SSSR count). The Hall–Kier alpha value is -2.04. The third-order valence-corrected chi connectivity index (χ3v) is 4.97. The summed E-state index contributed by atoms with van der Waals surface area (Å²) in [7, 11) is 0. The number of halogens is 1. The van der Waals surface area contributed by atoms with E-state index < -0.39 is 0 Å². The minimum absolute atomic E-state index is 0.285. The molecule has 4 nitrogen and oxygen atoms in total. The molecular weight excluding hydrogens is 322 g/mol. The highest BCUT2D eigenvalue weighted by Gasteiger charge is 2.23. The van der Waals surface area contributed by atoms with E-state index >= 15 is 0 Å². The van der Waals surface area contributed by atoms with Gasteiger partial charge in [-0.3, -0.25) is 0 Å². The SMILES string of the molecule is O[C@H]1CCCN(c2nc3ccccc3n2Cc2ccccc2Cl)C1. The van der Waals surface area contributed by atoms with Crippen molar-refractivity contribution in [3.05, 3.63) is 59.1 Å². The van der Waals surface area contributed by atoms with Gasteiger partial charge in [0, 0.05) is 18.1 Å². The summed E-state index contributed by atoms with van der Waals surface area (Å²) in [6.45, 7) is 2.22. The van der Waals surface area contributed by atoms with Gasteiger partial charge >= 0.3 is 0 Å². The summed E-state index contributed by atoms with van der Waals surface area (Å²) in [5.41, 5.74) is 3.13. The van der Waals surface area contributed by atoms with E-state index in [9.17, 15) is 5.11 Å². The van der Waals surface area contributed by atoms with Crippen LogP contribution in [0.15, 0.2) is 48.5 Å². The molecule has 2 heterocycles. The Morgan fingerprint density at radius 1 is 1.12 bits per heavy atom. The largest absolute Gasteiger partial charge is 0.391 e. The van der Waals surface area contributed by atoms with Crippen LogP contribution in [0.3, 0.4) is 0 Å². The van der Waals surface area contributed by atoms with E-state index in [4.69, 9.17) is 16.6 Å². The fourth-order valence-electron chi connectivity index (χ4n) is 3.39. The van der Waals surface area contributed by atoms with Crippen molar-refractivity contribution in [1.29, 1.82) is 0 Å². The van der Waals surface area contributed by atoms with Gasteiger partial charge in [-0.1, -0.05) is 41.9 Å². The van der Waals surface area contributed by atoms with Gasteiger partial charge in [-0.05, 0) is 36.6 Å². The van der Waals surface area contributed by atoms with Crippen LogP contribution < -0.4 is 4.90 Å². The summed E-state index contributed by atoms with van der Waals surface area (Å²) < 4.78 is 2.20. The highest BCUT2D eigenvalue weighted by molar-refractivity contribution is 6.31. The predicted octanol–water partition coefficient (Wildman–Crippen LogP) is 3.70. The van der Waals surface area contributed by atoms with E-state index in [2.05, 4.69) is 15.5 Å². The monoisotopic (exact) mass is 341 g/mol. The number of anilines is 1. The molecule has 5 heteroatoms. The zero-order valence-corrected chi connectivity index (χ0v) is 14.2. The predicted molar refractivity (Wildman–Crippen MR) is 97.7 cm³/mol. The van der Waals surface area contributed by atoms with Crippen molar-refractivity contribution in [2.24, 2.45) is 0 Å². The van der Waals surface area contributed by atoms with E-state index in [1.54, 1.807) is 0 Å². The molecule has 1 aromatic heterocycles. The maximum atomic E-state index is 10.0. The Kier molecular flexibility index (Phi) is 4.17. The number of para-hydroxylation sites is 2. The van der Waals surface area contributed by atoms with E-state index in [0.29, 0.717) is 13.1 Å². The molecule has 1 saturated heterocycles. The van der Waals surface area contributed by atoms with Crippen molar-refractivity contribution in [2.45, 2.75) is 25.5 Å². The van der Waals surface area contributed by atoms with Crippen LogP contribution in [0, 0.1) is 0 Å². The molecule has 0 amide bonds. The lowest BCUT2D eigenvalue weighted by Crippen LogP contribution is -2.39. The molecule has 124 valence electrons. The van der Waals surface area contributed by atoms with Gasteiger partial charge in [-0.25, -0.2) is 4.98 Å². The normalized spacial score (nSPS) is 18.2. The number of aliphatic hydroxyl groups is 1. The topological polar surface area (TPSA) is 41.3 Å². The van der Waals surface area contributed by atoms with Crippen molar-refractivity contribution in [3.63, 3.8) is 0 Å². The Balaban J connectivity index is 1.80. The number of hydrogen-bond acceptors (Lipinski definition) is 3. The second-order valence-corrected chi connectivity index (χ2v) is 6.73. The van der Waals surface area contributed by atoms with Crippen LogP contribution >= 0.6 is 11.6 Å². The maximum absolute atomic E-state index is 10.0. The zero-order chi connectivity index (χ0) is 16.5. The number of imidazole rings is 1. The highest BCUT2D eigenvalue weighted by Crippen LogP contribution is 2.27. The Morgan fingerprint density at radius 2 is 1.92 bits per heavy atom. The van der Waals surface area contributed by atoms with Crippen molar-refractivity contribution in [2.75, 3.05) is 18.0 Å². The molecule has 0 saturated carbocycles. The quantitative estimate of drug-likeness (QED) is 0.789. The molecule has 1 aliphatic rings. The molecule has 0 aliphatic carbocycles. The summed E-state index contributed by atoms with van der Waals surface area (Å²) in [5, 5.41) is 10.8. The third-order valence-electron chi connectivity index (χ3n) is 4.60. The molecule has 1 fully saturated rings.